The molecule has 0 aliphatic rings. The van der Waals surface area contributed by atoms with Crippen molar-refractivity contribution in [2.45, 2.75) is 77.1 Å². The Labute approximate surface area is 183 Å². The van der Waals surface area contributed by atoms with E-state index >= 15 is 0 Å². The van der Waals surface area contributed by atoms with Crippen LogP contribution in [-0.4, -0.2) is 41.2 Å². The number of ether oxygens (including phenoxy) is 1. The Morgan fingerprint density at radius 2 is 1.70 bits per heavy atom. The summed E-state index contributed by atoms with van der Waals surface area (Å²) in [5, 5.41) is 0.104. The quantitative estimate of drug-likeness (QED) is 0.272. The highest BCUT2D eigenvalue weighted by Crippen LogP contribution is 2.38. The number of sulfone groups is 1. The maximum Gasteiger partial charge on any atom is 0.321 e. The van der Waals surface area contributed by atoms with Gasteiger partial charge in [0.05, 0.1) is 11.0 Å². The Hall–Kier alpha value is -1.44. The lowest BCUT2D eigenvalue weighted by Gasteiger charge is -2.39. The molecule has 0 saturated carbocycles. The Morgan fingerprint density at radius 3 is 2.20 bits per heavy atom. The van der Waals surface area contributed by atoms with Crippen molar-refractivity contribution in [2.75, 3.05) is 12.4 Å². The molecule has 0 N–H and O–H groups in total. The first kappa shape index (κ1) is 26.6. The van der Waals surface area contributed by atoms with Gasteiger partial charge in [0.2, 0.25) is 0 Å². The van der Waals surface area contributed by atoms with Gasteiger partial charge < -0.3 is 9.16 Å². The molecular formula is C23H38O5SSi. The largest absolute Gasteiger partial charge is 0.461 e. The van der Waals surface area contributed by atoms with E-state index in [9.17, 15) is 13.2 Å². The summed E-state index contributed by atoms with van der Waals surface area (Å²) in [4.78, 5) is 12.1. The molecule has 170 valence electrons. The SMILES string of the molecule is Cc1ccc(S(=O)(=O)CC(=O)OC/C=C/C(CC(C)C)O[Si](C)(C)C(C)(C)C)cc1. The fourth-order valence-electron chi connectivity index (χ4n) is 2.56. The van der Waals surface area contributed by atoms with Crippen molar-refractivity contribution in [3.8, 4) is 0 Å². The molecule has 0 aliphatic heterocycles. The van der Waals surface area contributed by atoms with Crippen LogP contribution in [0.2, 0.25) is 18.1 Å². The first-order valence-corrected chi connectivity index (χ1v) is 15.0. The predicted octanol–water partition coefficient (Wildman–Crippen LogP) is 5.30. The van der Waals surface area contributed by atoms with Gasteiger partial charge in [0.25, 0.3) is 0 Å². The maximum absolute atomic E-state index is 12.3. The average molecular weight is 455 g/mol. The number of carbonyl (C=O) groups excluding carboxylic acids is 1. The molecule has 0 aromatic heterocycles. The van der Waals surface area contributed by atoms with Crippen LogP contribution in [0.5, 0.6) is 0 Å². The van der Waals surface area contributed by atoms with Gasteiger partial charge in [0, 0.05) is 0 Å². The van der Waals surface area contributed by atoms with Crippen molar-refractivity contribution in [3.63, 3.8) is 0 Å². The van der Waals surface area contributed by atoms with Gasteiger partial charge in [0.15, 0.2) is 23.9 Å². The van der Waals surface area contributed by atoms with Gasteiger partial charge >= 0.3 is 5.97 Å². The van der Waals surface area contributed by atoms with Gasteiger partial charge in [-0.15, -0.1) is 0 Å². The third-order valence-electron chi connectivity index (χ3n) is 5.34. The number of hydrogen-bond donors (Lipinski definition) is 0. The zero-order valence-corrected chi connectivity index (χ0v) is 21.5. The van der Waals surface area contributed by atoms with Crippen molar-refractivity contribution >= 4 is 24.1 Å². The second kappa shape index (κ2) is 10.7. The van der Waals surface area contributed by atoms with Crippen LogP contribution in [-0.2, 0) is 23.8 Å². The van der Waals surface area contributed by atoms with Crippen LogP contribution in [0.3, 0.4) is 0 Å². The average Bonchev–Trinajstić information content (AvgIpc) is 2.56. The van der Waals surface area contributed by atoms with E-state index in [1.54, 1.807) is 18.2 Å². The monoisotopic (exact) mass is 454 g/mol. The van der Waals surface area contributed by atoms with E-state index in [4.69, 9.17) is 9.16 Å². The van der Waals surface area contributed by atoms with Crippen LogP contribution >= 0.6 is 0 Å². The van der Waals surface area contributed by atoms with Gasteiger partial charge in [0.1, 0.15) is 6.61 Å². The molecule has 1 unspecified atom stereocenters. The Balaban J connectivity index is 2.67. The van der Waals surface area contributed by atoms with Crippen molar-refractivity contribution < 1.29 is 22.4 Å². The van der Waals surface area contributed by atoms with E-state index in [-0.39, 0.29) is 22.6 Å². The number of esters is 1. The summed E-state index contributed by atoms with van der Waals surface area (Å²) in [6.07, 6.45) is 4.50. The molecule has 0 saturated heterocycles. The van der Waals surface area contributed by atoms with Crippen LogP contribution in [0.25, 0.3) is 0 Å². The first-order chi connectivity index (χ1) is 13.6. The van der Waals surface area contributed by atoms with Gasteiger partial charge in [-0.2, -0.15) is 0 Å². The van der Waals surface area contributed by atoms with Crippen molar-refractivity contribution in [3.05, 3.63) is 42.0 Å². The van der Waals surface area contributed by atoms with E-state index < -0.39 is 29.9 Å². The maximum atomic E-state index is 12.3. The normalized spacial score (nSPS) is 14.3. The first-order valence-electron chi connectivity index (χ1n) is 10.4. The molecule has 0 heterocycles. The summed E-state index contributed by atoms with van der Waals surface area (Å²) in [6.45, 7) is 17.2. The molecule has 30 heavy (non-hydrogen) atoms. The lowest BCUT2D eigenvalue weighted by molar-refractivity contribution is -0.139. The van der Waals surface area contributed by atoms with Crippen LogP contribution in [0.4, 0.5) is 0 Å². The topological polar surface area (TPSA) is 69.7 Å². The van der Waals surface area contributed by atoms with Crippen LogP contribution in [0, 0.1) is 12.8 Å². The van der Waals surface area contributed by atoms with Crippen molar-refractivity contribution in [2.24, 2.45) is 5.92 Å². The summed E-state index contributed by atoms with van der Waals surface area (Å²) in [7, 11) is -5.63. The van der Waals surface area contributed by atoms with Crippen molar-refractivity contribution in [1.29, 1.82) is 0 Å². The van der Waals surface area contributed by atoms with Crippen molar-refractivity contribution in [1.82, 2.24) is 0 Å². The molecule has 0 aliphatic carbocycles. The molecular weight excluding hydrogens is 416 g/mol. The van der Waals surface area contributed by atoms with Gasteiger partial charge in [-0.25, -0.2) is 8.42 Å². The number of rotatable bonds is 10. The molecule has 7 heteroatoms. The summed E-state index contributed by atoms with van der Waals surface area (Å²) < 4.78 is 36.3. The molecule has 1 rings (SSSR count). The summed E-state index contributed by atoms with van der Waals surface area (Å²) in [5.74, 6) is -0.961. The summed E-state index contributed by atoms with van der Waals surface area (Å²) in [6, 6.07) is 6.43. The third kappa shape index (κ3) is 8.74. The summed E-state index contributed by atoms with van der Waals surface area (Å²) in [5.41, 5.74) is 0.956. The van der Waals surface area contributed by atoms with E-state index in [1.165, 1.54) is 12.1 Å². The molecule has 1 aromatic rings. The minimum absolute atomic E-state index is 0.0255. The second-order valence-electron chi connectivity index (χ2n) is 9.73. The van der Waals surface area contributed by atoms with E-state index in [1.807, 2.05) is 13.0 Å². The van der Waals surface area contributed by atoms with Crippen LogP contribution in [0.15, 0.2) is 41.3 Å². The molecule has 1 atom stereocenters. The van der Waals surface area contributed by atoms with Gasteiger partial charge in [-0.05, 0) is 55.6 Å². The van der Waals surface area contributed by atoms with Crippen LogP contribution in [0.1, 0.15) is 46.6 Å². The fraction of sp³-hybridized carbons (Fsp3) is 0.609. The third-order valence-corrected chi connectivity index (χ3v) is 11.4. The van der Waals surface area contributed by atoms with E-state index in [2.05, 4.69) is 47.7 Å². The lowest BCUT2D eigenvalue weighted by atomic mass is 10.1. The number of benzene rings is 1. The zero-order chi connectivity index (χ0) is 23.2. The summed E-state index contributed by atoms with van der Waals surface area (Å²) >= 11 is 0. The molecule has 5 nitrogen and oxygen atoms in total. The minimum Gasteiger partial charge on any atom is -0.461 e. The predicted molar refractivity (Wildman–Crippen MR) is 125 cm³/mol. The highest BCUT2D eigenvalue weighted by Gasteiger charge is 2.38. The molecule has 1 aromatic carbocycles. The van der Waals surface area contributed by atoms with Gasteiger partial charge in [-0.3, -0.25) is 4.79 Å². The van der Waals surface area contributed by atoms with Gasteiger partial charge in [-0.1, -0.05) is 58.4 Å². The number of hydrogen-bond acceptors (Lipinski definition) is 5. The number of carbonyl (C=O) groups is 1. The fourth-order valence-corrected chi connectivity index (χ4v) is 4.96. The molecule has 0 spiro atoms. The minimum atomic E-state index is -3.70. The Kier molecular flexibility index (Phi) is 9.51. The smallest absolute Gasteiger partial charge is 0.321 e. The molecule has 0 radical (unpaired) electrons. The molecule has 0 bridgehead atoms. The van der Waals surface area contributed by atoms with E-state index in [0.717, 1.165) is 12.0 Å². The Morgan fingerprint density at radius 1 is 1.13 bits per heavy atom. The second-order valence-corrected chi connectivity index (χ2v) is 16.5. The zero-order valence-electron chi connectivity index (χ0n) is 19.7. The Bertz CT molecular complexity index is 818. The lowest BCUT2D eigenvalue weighted by Crippen LogP contribution is -2.43. The molecule has 0 amide bonds. The highest BCUT2D eigenvalue weighted by atomic mass is 32.2. The molecule has 0 fully saturated rings. The van der Waals surface area contributed by atoms with E-state index in [0.29, 0.717) is 5.92 Å². The van der Waals surface area contributed by atoms with Crippen LogP contribution < -0.4 is 0 Å². The standard InChI is InChI=1S/C23H38O5SSi/c1-18(2)16-20(28-30(7,8)23(4,5)6)10-9-15-27-22(24)17-29(25,26)21-13-11-19(3)12-14-21/h9-14,18,20H,15-17H2,1-8H3/b10-9+. The highest BCUT2D eigenvalue weighted by molar-refractivity contribution is 7.92. The number of aryl methyl sites for hydroxylation is 1.